The van der Waals surface area contributed by atoms with Gasteiger partial charge in [-0.25, -0.2) is 0 Å². The number of carboxylic acids is 1. The second kappa shape index (κ2) is 8.74. The summed E-state index contributed by atoms with van der Waals surface area (Å²) in [6.07, 6.45) is 6.67. The van der Waals surface area contributed by atoms with Gasteiger partial charge >= 0.3 is 5.97 Å². The van der Waals surface area contributed by atoms with Crippen LogP contribution in [0.2, 0.25) is 0 Å². The van der Waals surface area contributed by atoms with Crippen LogP contribution in [0.4, 0.5) is 0 Å². The monoisotopic (exact) mass is 299 g/mol. The molecule has 0 bridgehead atoms. The van der Waals surface area contributed by atoms with Crippen LogP contribution >= 0.6 is 0 Å². The largest absolute Gasteiger partial charge is 0.480 e. The Labute approximate surface area is 129 Å². The average Bonchev–Trinajstić information content (AvgIpc) is 3.25. The zero-order valence-corrected chi connectivity index (χ0v) is 14.2. The van der Waals surface area contributed by atoms with Gasteiger partial charge in [0.05, 0.1) is 6.61 Å². The molecule has 1 fully saturated rings. The van der Waals surface area contributed by atoms with Crippen LogP contribution in [0, 0.1) is 11.8 Å². The molecule has 4 nitrogen and oxygen atoms in total. The summed E-state index contributed by atoms with van der Waals surface area (Å²) in [6, 6.07) is 0.146. The van der Waals surface area contributed by atoms with E-state index >= 15 is 0 Å². The van der Waals surface area contributed by atoms with Crippen molar-refractivity contribution >= 4 is 5.97 Å². The van der Waals surface area contributed by atoms with Crippen LogP contribution in [0.3, 0.4) is 0 Å². The molecule has 0 spiro atoms. The lowest BCUT2D eigenvalue weighted by molar-refractivity contribution is -0.150. The third-order valence-electron chi connectivity index (χ3n) is 4.43. The van der Waals surface area contributed by atoms with Crippen LogP contribution < -0.4 is 5.32 Å². The van der Waals surface area contributed by atoms with Crippen molar-refractivity contribution in [3.8, 4) is 0 Å². The first-order chi connectivity index (χ1) is 9.96. The summed E-state index contributed by atoms with van der Waals surface area (Å²) < 4.78 is 5.87. The van der Waals surface area contributed by atoms with Gasteiger partial charge in [0.2, 0.25) is 0 Å². The zero-order chi connectivity index (χ0) is 15.9. The predicted molar refractivity (Wildman–Crippen MR) is 85.5 cm³/mol. The van der Waals surface area contributed by atoms with E-state index in [4.69, 9.17) is 4.74 Å². The number of rotatable bonds is 12. The Morgan fingerprint density at radius 3 is 2.48 bits per heavy atom. The maximum Gasteiger partial charge on any atom is 0.326 e. The number of nitrogens with one attached hydrogen (secondary N) is 1. The number of ether oxygens (including phenoxy) is 1. The lowest BCUT2D eigenvalue weighted by atomic mass is 9.93. The van der Waals surface area contributed by atoms with Gasteiger partial charge in [0, 0.05) is 12.6 Å². The Balaban J connectivity index is 2.54. The second-order valence-electron chi connectivity index (χ2n) is 6.78. The van der Waals surface area contributed by atoms with Crippen LogP contribution in [-0.4, -0.2) is 35.9 Å². The van der Waals surface area contributed by atoms with E-state index in [1.807, 2.05) is 13.8 Å². The minimum atomic E-state index is -0.892. The topological polar surface area (TPSA) is 58.6 Å². The van der Waals surface area contributed by atoms with Gasteiger partial charge in [0.25, 0.3) is 0 Å². The number of carbonyl (C=O) groups is 1. The third kappa shape index (κ3) is 5.59. The molecule has 2 N–H and O–H groups in total. The molecule has 0 aliphatic heterocycles. The van der Waals surface area contributed by atoms with Crippen LogP contribution in [0.15, 0.2) is 0 Å². The maximum absolute atomic E-state index is 11.8. The van der Waals surface area contributed by atoms with Gasteiger partial charge in [0.15, 0.2) is 0 Å². The van der Waals surface area contributed by atoms with Crippen molar-refractivity contribution in [2.75, 3.05) is 13.2 Å². The summed E-state index contributed by atoms with van der Waals surface area (Å²) in [7, 11) is 0. The molecule has 2 atom stereocenters. The Morgan fingerprint density at radius 1 is 1.38 bits per heavy atom. The molecule has 0 aromatic carbocycles. The normalized spacial score (nSPS) is 19.5. The van der Waals surface area contributed by atoms with Gasteiger partial charge in [-0.05, 0) is 44.9 Å². The lowest BCUT2D eigenvalue weighted by Crippen LogP contribution is -2.59. The smallest absolute Gasteiger partial charge is 0.326 e. The average molecular weight is 299 g/mol. The number of unbranched alkanes of at least 4 members (excludes halogenated alkanes) is 1. The van der Waals surface area contributed by atoms with E-state index in [0.29, 0.717) is 12.5 Å². The number of hydrogen-bond acceptors (Lipinski definition) is 3. The standard InChI is InChI=1S/C17H33NO3/c1-5-7-8-14(6-2)11-21-12-17(16(19)20,15-9-10-15)18-13(3)4/h13-15,18H,5-12H2,1-4H3,(H,19,20). The van der Waals surface area contributed by atoms with Crippen LogP contribution in [0.5, 0.6) is 0 Å². The van der Waals surface area contributed by atoms with Gasteiger partial charge in [-0.15, -0.1) is 0 Å². The molecule has 124 valence electrons. The molecule has 1 rings (SSSR count). The minimum Gasteiger partial charge on any atom is -0.480 e. The summed E-state index contributed by atoms with van der Waals surface area (Å²) >= 11 is 0. The third-order valence-corrected chi connectivity index (χ3v) is 4.43. The molecule has 1 saturated carbocycles. The lowest BCUT2D eigenvalue weighted by Gasteiger charge is -2.33. The molecule has 1 aliphatic carbocycles. The molecule has 0 saturated heterocycles. The molecule has 0 amide bonds. The second-order valence-corrected chi connectivity index (χ2v) is 6.78. The molecule has 1 aliphatic rings. The highest BCUT2D eigenvalue weighted by Crippen LogP contribution is 2.40. The minimum absolute atomic E-state index is 0.146. The summed E-state index contributed by atoms with van der Waals surface area (Å²) in [5.74, 6) is 0.00289. The Hall–Kier alpha value is -0.610. The van der Waals surface area contributed by atoms with Crippen molar-refractivity contribution in [3.05, 3.63) is 0 Å². The predicted octanol–water partition coefficient (Wildman–Crippen LogP) is 3.45. The number of carboxylic acid groups (broad SMARTS) is 1. The summed E-state index contributed by atoms with van der Waals surface area (Å²) in [5, 5.41) is 13.0. The number of aliphatic carboxylic acids is 1. The van der Waals surface area contributed by atoms with E-state index in [2.05, 4.69) is 19.2 Å². The molecule has 0 aromatic heterocycles. The Kier molecular flexibility index (Phi) is 7.67. The van der Waals surface area contributed by atoms with Crippen molar-refractivity contribution in [3.63, 3.8) is 0 Å². The van der Waals surface area contributed by atoms with Crippen molar-refractivity contribution in [2.24, 2.45) is 11.8 Å². The van der Waals surface area contributed by atoms with E-state index in [1.165, 1.54) is 19.3 Å². The quantitative estimate of drug-likeness (QED) is 0.579. The van der Waals surface area contributed by atoms with Crippen LogP contribution in [0.1, 0.15) is 66.2 Å². The van der Waals surface area contributed by atoms with E-state index < -0.39 is 11.5 Å². The summed E-state index contributed by atoms with van der Waals surface area (Å²) in [5.41, 5.74) is -0.892. The molecule has 2 unspecified atom stereocenters. The highest BCUT2D eigenvalue weighted by Gasteiger charge is 2.51. The molecule has 0 radical (unpaired) electrons. The first-order valence-corrected chi connectivity index (χ1v) is 8.55. The fourth-order valence-corrected chi connectivity index (χ4v) is 2.95. The first kappa shape index (κ1) is 18.4. The maximum atomic E-state index is 11.8. The van der Waals surface area contributed by atoms with Crippen molar-refractivity contribution in [1.29, 1.82) is 0 Å². The molecule has 4 heteroatoms. The fraction of sp³-hybridized carbons (Fsp3) is 0.941. The van der Waals surface area contributed by atoms with Crippen molar-refractivity contribution in [2.45, 2.75) is 77.8 Å². The van der Waals surface area contributed by atoms with Gasteiger partial charge in [-0.1, -0.05) is 33.1 Å². The molecular weight excluding hydrogens is 266 g/mol. The van der Waals surface area contributed by atoms with E-state index in [0.717, 1.165) is 19.3 Å². The highest BCUT2D eigenvalue weighted by atomic mass is 16.5. The number of hydrogen-bond donors (Lipinski definition) is 2. The Morgan fingerprint density at radius 2 is 2.05 bits per heavy atom. The molecule has 0 aromatic rings. The van der Waals surface area contributed by atoms with Gasteiger partial charge in [-0.2, -0.15) is 0 Å². The SMILES string of the molecule is CCCCC(CC)COCC(NC(C)C)(C(=O)O)C1CC1. The van der Waals surface area contributed by atoms with Crippen LogP contribution in [0.25, 0.3) is 0 Å². The molecular formula is C17H33NO3. The van der Waals surface area contributed by atoms with Crippen molar-refractivity contribution < 1.29 is 14.6 Å². The summed E-state index contributed by atoms with van der Waals surface area (Å²) in [4.78, 5) is 11.8. The Bertz CT molecular complexity index is 315. The highest BCUT2D eigenvalue weighted by molar-refractivity contribution is 5.80. The van der Waals surface area contributed by atoms with Gasteiger partial charge in [0.1, 0.15) is 5.54 Å². The molecule has 0 heterocycles. The van der Waals surface area contributed by atoms with Gasteiger partial charge in [-0.3, -0.25) is 10.1 Å². The van der Waals surface area contributed by atoms with E-state index in [9.17, 15) is 9.90 Å². The fourth-order valence-electron chi connectivity index (χ4n) is 2.95. The van der Waals surface area contributed by atoms with Gasteiger partial charge < -0.3 is 9.84 Å². The van der Waals surface area contributed by atoms with E-state index in [1.54, 1.807) is 0 Å². The van der Waals surface area contributed by atoms with Crippen LogP contribution in [-0.2, 0) is 9.53 Å². The first-order valence-electron chi connectivity index (χ1n) is 8.55. The zero-order valence-electron chi connectivity index (χ0n) is 14.2. The summed E-state index contributed by atoms with van der Waals surface area (Å²) in [6.45, 7) is 9.34. The molecule has 21 heavy (non-hydrogen) atoms. The van der Waals surface area contributed by atoms with Crippen molar-refractivity contribution in [1.82, 2.24) is 5.32 Å². The van der Waals surface area contributed by atoms with E-state index in [-0.39, 0.29) is 18.6 Å².